The van der Waals surface area contributed by atoms with Crippen molar-refractivity contribution in [2.75, 3.05) is 0 Å². The summed E-state index contributed by atoms with van der Waals surface area (Å²) in [5, 5.41) is 16.5. The van der Waals surface area contributed by atoms with Crippen molar-refractivity contribution < 1.29 is 9.84 Å². The maximum atomic E-state index is 10.1. The molecule has 0 spiro atoms. The molecule has 0 heterocycles. The molecule has 0 saturated carbocycles. The molecule has 0 saturated heterocycles. The molecule has 11 heavy (non-hydrogen) atoms. The number of hydrogen-bond acceptors (Lipinski definition) is 3. The molecule has 0 aliphatic carbocycles. The van der Waals surface area contributed by atoms with Crippen LogP contribution >= 0.6 is 0 Å². The zero-order chi connectivity index (χ0) is 8.10. The van der Waals surface area contributed by atoms with Gasteiger partial charge in [-0.3, -0.25) is 5.41 Å². The molecule has 0 radical (unpaired) electrons. The average molecular weight is 150 g/mol. The molecule has 58 valence electrons. The Labute approximate surface area is 64.8 Å². The predicted octanol–water partition coefficient (Wildman–Crippen LogP) is 0.498. The fourth-order valence-corrected chi connectivity index (χ4v) is 0.723. The Bertz CT molecular complexity index is 233. The lowest BCUT2D eigenvalue weighted by Crippen LogP contribution is -2.18. The summed E-state index contributed by atoms with van der Waals surface area (Å²) in [5.41, 5.74) is 0.896. The fourth-order valence-electron chi connectivity index (χ4n) is 0.723. The van der Waals surface area contributed by atoms with E-state index in [1.807, 2.05) is 30.3 Å². The van der Waals surface area contributed by atoms with Crippen molar-refractivity contribution in [2.45, 2.75) is 6.61 Å². The van der Waals surface area contributed by atoms with Gasteiger partial charge in [0.1, 0.15) is 6.08 Å². The Kier molecular flexibility index (Phi) is 2.49. The maximum Gasteiger partial charge on any atom is 0.142 e. The van der Waals surface area contributed by atoms with Crippen LogP contribution in [0, 0.1) is 5.41 Å². The molecular formula is C8H8NO2-. The minimum absolute atomic E-state index is 0.184. The second-order valence-electron chi connectivity index (χ2n) is 2.06. The highest BCUT2D eigenvalue weighted by atomic mass is 16.6. The lowest BCUT2D eigenvalue weighted by Gasteiger charge is -2.11. The Morgan fingerprint density at radius 3 is 2.55 bits per heavy atom. The second kappa shape index (κ2) is 3.61. The Morgan fingerprint density at radius 2 is 2.00 bits per heavy atom. The maximum absolute atomic E-state index is 10.1. The van der Waals surface area contributed by atoms with Crippen LogP contribution in [0.2, 0.25) is 0 Å². The molecule has 0 unspecified atom stereocenters. The Hall–Kier alpha value is -1.51. The third kappa shape index (κ3) is 2.71. The van der Waals surface area contributed by atoms with Crippen molar-refractivity contribution in [1.82, 2.24) is 0 Å². The molecule has 0 bridgehead atoms. The molecule has 0 fully saturated rings. The zero-order valence-electron chi connectivity index (χ0n) is 5.91. The quantitative estimate of drug-likeness (QED) is 0.493. The van der Waals surface area contributed by atoms with Crippen LogP contribution in [0.5, 0.6) is 0 Å². The highest BCUT2D eigenvalue weighted by Crippen LogP contribution is 1.99. The van der Waals surface area contributed by atoms with Gasteiger partial charge in [-0.05, 0) is 5.56 Å². The fraction of sp³-hybridized carbons (Fsp3) is 0.125. The SMILES string of the molecule is N=C([O-])OCc1ccccc1. The van der Waals surface area contributed by atoms with Crippen LogP contribution in [-0.2, 0) is 11.3 Å². The van der Waals surface area contributed by atoms with E-state index in [-0.39, 0.29) is 6.61 Å². The summed E-state index contributed by atoms with van der Waals surface area (Å²) in [7, 11) is 0. The lowest BCUT2D eigenvalue weighted by molar-refractivity contribution is -0.253. The van der Waals surface area contributed by atoms with E-state index in [4.69, 9.17) is 5.41 Å². The normalized spacial score (nSPS) is 9.09. The van der Waals surface area contributed by atoms with Gasteiger partial charge in [-0.2, -0.15) is 0 Å². The molecule has 1 aromatic rings. The Balaban J connectivity index is 2.45. The van der Waals surface area contributed by atoms with Crippen LogP contribution in [0.3, 0.4) is 0 Å². The largest absolute Gasteiger partial charge is 0.596 e. The minimum atomic E-state index is -0.992. The predicted molar refractivity (Wildman–Crippen MR) is 39.0 cm³/mol. The molecule has 1 rings (SSSR count). The van der Waals surface area contributed by atoms with Gasteiger partial charge in [0.25, 0.3) is 0 Å². The van der Waals surface area contributed by atoms with Crippen LogP contribution < -0.4 is 5.11 Å². The summed E-state index contributed by atoms with van der Waals surface area (Å²) in [6.45, 7) is 0.184. The van der Waals surface area contributed by atoms with Crippen molar-refractivity contribution in [1.29, 1.82) is 5.41 Å². The first-order chi connectivity index (χ1) is 5.29. The molecule has 0 aromatic heterocycles. The van der Waals surface area contributed by atoms with Gasteiger partial charge in [0, 0.05) is 6.61 Å². The van der Waals surface area contributed by atoms with Crippen molar-refractivity contribution in [2.24, 2.45) is 0 Å². The van der Waals surface area contributed by atoms with Crippen molar-refractivity contribution in [3.8, 4) is 0 Å². The first-order valence-electron chi connectivity index (χ1n) is 3.21. The standard InChI is InChI=1S/C8H9NO2/c9-8(10)11-6-7-4-2-1-3-5-7/h1-5H,6H2,(H2,9,10)/p-1. The van der Waals surface area contributed by atoms with Crippen LogP contribution in [0.1, 0.15) is 5.56 Å². The van der Waals surface area contributed by atoms with E-state index >= 15 is 0 Å². The summed E-state index contributed by atoms with van der Waals surface area (Å²) in [6.07, 6.45) is -0.992. The second-order valence-corrected chi connectivity index (χ2v) is 2.06. The van der Waals surface area contributed by atoms with Crippen molar-refractivity contribution in [3.05, 3.63) is 35.9 Å². The number of benzene rings is 1. The van der Waals surface area contributed by atoms with E-state index in [0.29, 0.717) is 0 Å². The molecule has 3 nitrogen and oxygen atoms in total. The first-order valence-corrected chi connectivity index (χ1v) is 3.21. The molecule has 0 atom stereocenters. The van der Waals surface area contributed by atoms with E-state index in [1.54, 1.807) is 0 Å². The van der Waals surface area contributed by atoms with Crippen LogP contribution in [0.25, 0.3) is 0 Å². The summed E-state index contributed by atoms with van der Waals surface area (Å²) < 4.78 is 4.46. The molecule has 1 aromatic carbocycles. The molecular weight excluding hydrogens is 142 g/mol. The summed E-state index contributed by atoms with van der Waals surface area (Å²) >= 11 is 0. The van der Waals surface area contributed by atoms with E-state index in [0.717, 1.165) is 5.56 Å². The number of ether oxygens (including phenoxy) is 1. The highest BCUT2D eigenvalue weighted by Gasteiger charge is 1.84. The topological polar surface area (TPSA) is 56.1 Å². The van der Waals surface area contributed by atoms with Crippen LogP contribution in [0.15, 0.2) is 30.3 Å². The van der Waals surface area contributed by atoms with E-state index in [1.165, 1.54) is 0 Å². The number of nitrogens with one attached hydrogen (secondary N) is 1. The van der Waals surface area contributed by atoms with Crippen LogP contribution in [-0.4, -0.2) is 6.08 Å². The monoisotopic (exact) mass is 150 g/mol. The smallest absolute Gasteiger partial charge is 0.142 e. The number of hydrogen-bond donors (Lipinski definition) is 1. The van der Waals surface area contributed by atoms with E-state index in [9.17, 15) is 5.11 Å². The third-order valence-electron chi connectivity index (χ3n) is 1.21. The van der Waals surface area contributed by atoms with Crippen molar-refractivity contribution >= 4 is 6.08 Å². The first kappa shape index (κ1) is 7.60. The minimum Gasteiger partial charge on any atom is -0.596 e. The lowest BCUT2D eigenvalue weighted by atomic mass is 10.2. The summed E-state index contributed by atoms with van der Waals surface area (Å²) in [4.78, 5) is 0. The molecule has 0 aliphatic rings. The van der Waals surface area contributed by atoms with Gasteiger partial charge in [-0.1, -0.05) is 30.3 Å². The average Bonchev–Trinajstić information content (AvgIpc) is 2.03. The van der Waals surface area contributed by atoms with E-state index < -0.39 is 6.08 Å². The molecule has 0 aliphatic heterocycles. The molecule has 0 amide bonds. The molecule has 3 heteroatoms. The number of rotatable bonds is 2. The van der Waals surface area contributed by atoms with Gasteiger partial charge in [0.2, 0.25) is 0 Å². The highest BCUT2D eigenvalue weighted by molar-refractivity contribution is 5.57. The summed E-state index contributed by atoms with van der Waals surface area (Å²) in [6, 6.07) is 9.26. The van der Waals surface area contributed by atoms with Crippen molar-refractivity contribution in [3.63, 3.8) is 0 Å². The van der Waals surface area contributed by atoms with Crippen LogP contribution in [0.4, 0.5) is 0 Å². The molecule has 1 N–H and O–H groups in total. The zero-order valence-corrected chi connectivity index (χ0v) is 5.91. The van der Waals surface area contributed by atoms with Gasteiger partial charge < -0.3 is 9.84 Å². The van der Waals surface area contributed by atoms with Gasteiger partial charge >= 0.3 is 0 Å². The van der Waals surface area contributed by atoms with Gasteiger partial charge in [0.05, 0.1) is 0 Å². The Morgan fingerprint density at radius 1 is 1.36 bits per heavy atom. The summed E-state index contributed by atoms with van der Waals surface area (Å²) in [5.74, 6) is 0. The van der Waals surface area contributed by atoms with Gasteiger partial charge in [-0.15, -0.1) is 0 Å². The van der Waals surface area contributed by atoms with Gasteiger partial charge in [-0.25, -0.2) is 0 Å². The van der Waals surface area contributed by atoms with E-state index in [2.05, 4.69) is 4.74 Å². The third-order valence-corrected chi connectivity index (χ3v) is 1.21. The van der Waals surface area contributed by atoms with Gasteiger partial charge in [0.15, 0.2) is 0 Å².